The van der Waals surface area contributed by atoms with E-state index >= 15 is 0 Å². The first-order chi connectivity index (χ1) is 12.6. The highest BCUT2D eigenvalue weighted by atomic mass is 16.5. The molecule has 0 aliphatic rings. The zero-order valence-corrected chi connectivity index (χ0v) is 14.2. The van der Waals surface area contributed by atoms with E-state index in [4.69, 9.17) is 4.74 Å². The average molecular weight is 344 g/mol. The summed E-state index contributed by atoms with van der Waals surface area (Å²) >= 11 is 0. The van der Waals surface area contributed by atoms with Crippen LogP contribution in [-0.4, -0.2) is 15.4 Å². The fraction of sp³-hybridized carbons (Fsp3) is 0.0952. The van der Waals surface area contributed by atoms with Gasteiger partial charge in [-0.25, -0.2) is 9.78 Å². The van der Waals surface area contributed by atoms with Crippen LogP contribution in [0.1, 0.15) is 21.6 Å². The summed E-state index contributed by atoms with van der Waals surface area (Å²) in [6.07, 6.45) is 1.73. The van der Waals surface area contributed by atoms with Crippen LogP contribution >= 0.6 is 0 Å². The lowest BCUT2D eigenvalue weighted by atomic mass is 10.1. The van der Waals surface area contributed by atoms with Gasteiger partial charge >= 0.3 is 5.97 Å². The number of carbonyl (C=O) groups is 1. The highest BCUT2D eigenvalue weighted by Crippen LogP contribution is 2.19. The van der Waals surface area contributed by atoms with Crippen molar-refractivity contribution >= 4 is 22.4 Å². The number of carbonyl (C=O) groups excluding carboxylic acids is 1. The van der Waals surface area contributed by atoms with E-state index < -0.39 is 5.97 Å². The quantitative estimate of drug-likeness (QED) is 0.534. The summed E-state index contributed by atoms with van der Waals surface area (Å²) in [5.74, 6) is -0.437. The van der Waals surface area contributed by atoms with Crippen LogP contribution in [0.3, 0.4) is 0 Å². The maximum Gasteiger partial charge on any atom is 0.339 e. The summed E-state index contributed by atoms with van der Waals surface area (Å²) in [5, 5.41) is 1.81. The van der Waals surface area contributed by atoms with Crippen LogP contribution < -0.4 is 5.56 Å². The van der Waals surface area contributed by atoms with Gasteiger partial charge in [0.2, 0.25) is 0 Å². The van der Waals surface area contributed by atoms with Crippen molar-refractivity contribution in [2.75, 3.05) is 0 Å². The largest absolute Gasteiger partial charge is 0.456 e. The molecule has 2 heterocycles. The van der Waals surface area contributed by atoms with E-state index in [1.54, 1.807) is 18.3 Å². The maximum absolute atomic E-state index is 12.5. The molecule has 0 bridgehead atoms. The molecule has 5 heteroatoms. The standard InChI is InChI=1S/C21H16N2O3/c1-14-9-10-19-22-16(11-20(24)23(19)12-14)13-26-21(25)18-8-4-6-15-5-2-3-7-17(15)18/h2-12H,13H2,1H3. The molecule has 4 aromatic rings. The average Bonchev–Trinajstić information content (AvgIpc) is 2.66. The SMILES string of the molecule is Cc1ccc2nc(COC(=O)c3cccc4ccccc34)cc(=O)n2c1. The van der Waals surface area contributed by atoms with Gasteiger partial charge in [0.1, 0.15) is 12.3 Å². The number of esters is 1. The minimum atomic E-state index is -0.437. The second kappa shape index (κ2) is 6.44. The van der Waals surface area contributed by atoms with Gasteiger partial charge in [0.15, 0.2) is 0 Å². The fourth-order valence-electron chi connectivity index (χ4n) is 2.95. The van der Waals surface area contributed by atoms with E-state index in [1.165, 1.54) is 10.5 Å². The Kier molecular flexibility index (Phi) is 3.97. The number of aromatic nitrogens is 2. The van der Waals surface area contributed by atoms with Crippen molar-refractivity contribution in [1.82, 2.24) is 9.38 Å². The fourth-order valence-corrected chi connectivity index (χ4v) is 2.95. The number of ether oxygens (including phenoxy) is 1. The Hall–Kier alpha value is -3.47. The molecule has 0 atom stereocenters. The summed E-state index contributed by atoms with van der Waals surface area (Å²) in [6, 6.07) is 18.2. The van der Waals surface area contributed by atoms with E-state index in [0.29, 0.717) is 16.9 Å². The molecule has 0 unspecified atom stereocenters. The van der Waals surface area contributed by atoms with Crippen molar-refractivity contribution in [1.29, 1.82) is 0 Å². The van der Waals surface area contributed by atoms with Gasteiger partial charge in [-0.3, -0.25) is 9.20 Å². The van der Waals surface area contributed by atoms with Crippen molar-refractivity contribution in [2.45, 2.75) is 13.5 Å². The van der Waals surface area contributed by atoms with Gasteiger partial charge in [0.25, 0.3) is 5.56 Å². The van der Waals surface area contributed by atoms with Crippen molar-refractivity contribution in [2.24, 2.45) is 0 Å². The first-order valence-corrected chi connectivity index (χ1v) is 8.26. The number of pyridine rings is 1. The smallest absolute Gasteiger partial charge is 0.339 e. The summed E-state index contributed by atoms with van der Waals surface area (Å²) in [6.45, 7) is 1.85. The summed E-state index contributed by atoms with van der Waals surface area (Å²) in [7, 11) is 0. The number of benzene rings is 2. The third-order valence-corrected chi connectivity index (χ3v) is 4.22. The summed E-state index contributed by atoms with van der Waals surface area (Å²) in [5.41, 5.74) is 2.22. The molecule has 0 fully saturated rings. The van der Waals surface area contributed by atoms with Crippen LogP contribution in [0, 0.1) is 6.92 Å². The molecular formula is C21H16N2O3. The highest BCUT2D eigenvalue weighted by Gasteiger charge is 2.12. The summed E-state index contributed by atoms with van der Waals surface area (Å²) < 4.78 is 6.88. The van der Waals surface area contributed by atoms with Crippen molar-refractivity contribution < 1.29 is 9.53 Å². The van der Waals surface area contributed by atoms with Gasteiger partial charge in [-0.05, 0) is 35.4 Å². The van der Waals surface area contributed by atoms with Crippen LogP contribution in [0.4, 0.5) is 0 Å². The lowest BCUT2D eigenvalue weighted by Gasteiger charge is -2.08. The molecule has 0 N–H and O–H groups in total. The number of aryl methyl sites for hydroxylation is 1. The molecule has 2 aromatic carbocycles. The Bertz CT molecular complexity index is 1190. The van der Waals surface area contributed by atoms with Gasteiger partial charge in [-0.2, -0.15) is 0 Å². The number of fused-ring (bicyclic) bond motifs is 2. The van der Waals surface area contributed by atoms with Crippen LogP contribution in [0.2, 0.25) is 0 Å². The minimum absolute atomic E-state index is 0.0539. The van der Waals surface area contributed by atoms with E-state index in [1.807, 2.05) is 49.4 Å². The van der Waals surface area contributed by atoms with Gasteiger partial charge in [-0.15, -0.1) is 0 Å². The first-order valence-electron chi connectivity index (χ1n) is 8.26. The number of nitrogens with zero attached hydrogens (tertiary/aromatic N) is 2. The minimum Gasteiger partial charge on any atom is -0.456 e. The van der Waals surface area contributed by atoms with E-state index in [-0.39, 0.29) is 12.2 Å². The normalized spacial score (nSPS) is 11.0. The molecular weight excluding hydrogens is 328 g/mol. The zero-order chi connectivity index (χ0) is 18.1. The number of hydrogen-bond donors (Lipinski definition) is 0. The zero-order valence-electron chi connectivity index (χ0n) is 14.2. The Morgan fingerprint density at radius 2 is 1.88 bits per heavy atom. The van der Waals surface area contributed by atoms with E-state index in [9.17, 15) is 9.59 Å². The Morgan fingerprint density at radius 1 is 1.08 bits per heavy atom. The number of rotatable bonds is 3. The monoisotopic (exact) mass is 344 g/mol. The molecule has 0 saturated heterocycles. The molecule has 128 valence electrons. The first kappa shape index (κ1) is 16.0. The second-order valence-corrected chi connectivity index (χ2v) is 6.12. The molecule has 5 nitrogen and oxygen atoms in total. The maximum atomic E-state index is 12.5. The highest BCUT2D eigenvalue weighted by molar-refractivity contribution is 6.04. The molecule has 2 aromatic heterocycles. The van der Waals surface area contributed by atoms with Gasteiger partial charge in [-0.1, -0.05) is 42.5 Å². The molecule has 0 saturated carbocycles. The topological polar surface area (TPSA) is 60.7 Å². The Morgan fingerprint density at radius 3 is 2.77 bits per heavy atom. The van der Waals surface area contributed by atoms with Crippen molar-refractivity contribution in [3.8, 4) is 0 Å². The van der Waals surface area contributed by atoms with Crippen molar-refractivity contribution in [3.05, 3.63) is 94.0 Å². The lowest BCUT2D eigenvalue weighted by Crippen LogP contribution is -2.17. The van der Waals surface area contributed by atoms with Crippen LogP contribution in [0.5, 0.6) is 0 Å². The van der Waals surface area contributed by atoms with Gasteiger partial charge in [0.05, 0.1) is 11.3 Å². The summed E-state index contributed by atoms with van der Waals surface area (Å²) in [4.78, 5) is 29.1. The molecule has 0 aliphatic heterocycles. The molecule has 0 radical (unpaired) electrons. The predicted octanol–water partition coefficient (Wildman–Crippen LogP) is 3.51. The molecule has 4 rings (SSSR count). The van der Waals surface area contributed by atoms with E-state index in [0.717, 1.165) is 16.3 Å². The Balaban J connectivity index is 1.60. The van der Waals surface area contributed by atoms with Gasteiger partial charge < -0.3 is 4.74 Å². The third-order valence-electron chi connectivity index (χ3n) is 4.22. The molecule has 0 aliphatic carbocycles. The van der Waals surface area contributed by atoms with Gasteiger partial charge in [0, 0.05) is 12.3 Å². The third kappa shape index (κ3) is 2.95. The molecule has 0 amide bonds. The predicted molar refractivity (Wildman–Crippen MR) is 99.3 cm³/mol. The van der Waals surface area contributed by atoms with Crippen LogP contribution in [0.15, 0.2) is 71.7 Å². The molecule has 0 spiro atoms. The number of hydrogen-bond acceptors (Lipinski definition) is 4. The van der Waals surface area contributed by atoms with Crippen LogP contribution in [0.25, 0.3) is 16.4 Å². The Labute approximate surface area is 149 Å². The van der Waals surface area contributed by atoms with E-state index in [2.05, 4.69) is 4.98 Å². The molecule has 26 heavy (non-hydrogen) atoms. The second-order valence-electron chi connectivity index (χ2n) is 6.12. The lowest BCUT2D eigenvalue weighted by molar-refractivity contribution is 0.0470. The van der Waals surface area contributed by atoms with Crippen molar-refractivity contribution in [3.63, 3.8) is 0 Å². The van der Waals surface area contributed by atoms with Crippen LogP contribution in [-0.2, 0) is 11.3 Å².